The van der Waals surface area contributed by atoms with Gasteiger partial charge in [-0.3, -0.25) is 4.98 Å². The van der Waals surface area contributed by atoms with Crippen LogP contribution in [-0.4, -0.2) is 4.98 Å². The van der Waals surface area contributed by atoms with E-state index < -0.39 is 0 Å². The fourth-order valence-electron chi connectivity index (χ4n) is 2.23. The standard InChI is InChI=1S/C16H13BrN2/c17-13-8-6-11(7-9-13)15(18)14-5-1-3-12-4-2-10-19-16(12)14/h1-10,15H,18H2. The molecule has 0 saturated carbocycles. The molecule has 1 aromatic heterocycles. The molecule has 1 heterocycles. The van der Waals surface area contributed by atoms with E-state index in [-0.39, 0.29) is 6.04 Å². The molecule has 19 heavy (non-hydrogen) atoms. The Morgan fingerprint density at radius 3 is 2.47 bits per heavy atom. The third kappa shape index (κ3) is 2.39. The number of hydrogen-bond acceptors (Lipinski definition) is 2. The molecule has 2 nitrogen and oxygen atoms in total. The monoisotopic (exact) mass is 312 g/mol. The van der Waals surface area contributed by atoms with E-state index in [0.29, 0.717) is 0 Å². The second kappa shape index (κ2) is 5.11. The van der Waals surface area contributed by atoms with Crippen molar-refractivity contribution in [3.05, 3.63) is 76.4 Å². The highest BCUT2D eigenvalue weighted by Crippen LogP contribution is 2.26. The first-order chi connectivity index (χ1) is 9.25. The predicted molar refractivity (Wildman–Crippen MR) is 81.9 cm³/mol. The molecule has 3 rings (SSSR count). The summed E-state index contributed by atoms with van der Waals surface area (Å²) in [6.45, 7) is 0. The van der Waals surface area contributed by atoms with Gasteiger partial charge in [-0.25, -0.2) is 0 Å². The first kappa shape index (κ1) is 12.3. The number of halogens is 1. The molecule has 1 unspecified atom stereocenters. The van der Waals surface area contributed by atoms with Crippen LogP contribution >= 0.6 is 15.9 Å². The van der Waals surface area contributed by atoms with Gasteiger partial charge in [-0.15, -0.1) is 0 Å². The Morgan fingerprint density at radius 1 is 0.947 bits per heavy atom. The summed E-state index contributed by atoms with van der Waals surface area (Å²) in [7, 11) is 0. The van der Waals surface area contributed by atoms with Crippen LogP contribution in [0.3, 0.4) is 0 Å². The van der Waals surface area contributed by atoms with Gasteiger partial charge in [0.1, 0.15) is 0 Å². The predicted octanol–water partition coefficient (Wildman–Crippen LogP) is 4.05. The van der Waals surface area contributed by atoms with Crippen LogP contribution in [0.15, 0.2) is 65.3 Å². The Kier molecular flexibility index (Phi) is 3.32. The van der Waals surface area contributed by atoms with E-state index in [2.05, 4.69) is 33.0 Å². The van der Waals surface area contributed by atoms with Crippen LogP contribution in [0, 0.1) is 0 Å². The van der Waals surface area contributed by atoms with Crippen molar-refractivity contribution < 1.29 is 0 Å². The van der Waals surface area contributed by atoms with Crippen molar-refractivity contribution in [1.29, 1.82) is 0 Å². The van der Waals surface area contributed by atoms with Gasteiger partial charge in [0.25, 0.3) is 0 Å². The maximum absolute atomic E-state index is 6.38. The van der Waals surface area contributed by atoms with Gasteiger partial charge in [0.15, 0.2) is 0 Å². The number of fused-ring (bicyclic) bond motifs is 1. The minimum Gasteiger partial charge on any atom is -0.320 e. The van der Waals surface area contributed by atoms with Crippen LogP contribution in [0.1, 0.15) is 17.2 Å². The molecule has 0 bridgehead atoms. The fraction of sp³-hybridized carbons (Fsp3) is 0.0625. The molecule has 0 spiro atoms. The minimum atomic E-state index is -0.160. The highest BCUT2D eigenvalue weighted by molar-refractivity contribution is 9.10. The van der Waals surface area contributed by atoms with E-state index in [1.54, 1.807) is 6.20 Å². The molecule has 2 aromatic carbocycles. The van der Waals surface area contributed by atoms with Gasteiger partial charge in [-0.2, -0.15) is 0 Å². The number of nitrogens with two attached hydrogens (primary N) is 1. The number of benzene rings is 2. The summed E-state index contributed by atoms with van der Waals surface area (Å²) in [6.07, 6.45) is 1.81. The summed E-state index contributed by atoms with van der Waals surface area (Å²) in [4.78, 5) is 4.46. The quantitative estimate of drug-likeness (QED) is 0.775. The van der Waals surface area contributed by atoms with Crippen molar-refractivity contribution in [2.45, 2.75) is 6.04 Å². The van der Waals surface area contributed by atoms with Gasteiger partial charge >= 0.3 is 0 Å². The lowest BCUT2D eigenvalue weighted by Gasteiger charge is -2.14. The highest BCUT2D eigenvalue weighted by Gasteiger charge is 2.12. The van der Waals surface area contributed by atoms with Crippen LogP contribution in [0.5, 0.6) is 0 Å². The normalized spacial score (nSPS) is 12.5. The molecule has 1 atom stereocenters. The first-order valence-electron chi connectivity index (χ1n) is 6.10. The third-order valence-electron chi connectivity index (χ3n) is 3.23. The third-order valence-corrected chi connectivity index (χ3v) is 3.76. The van der Waals surface area contributed by atoms with Crippen molar-refractivity contribution in [2.75, 3.05) is 0 Å². The molecule has 0 aliphatic heterocycles. The molecule has 94 valence electrons. The lowest BCUT2D eigenvalue weighted by molar-refractivity contribution is 0.877. The molecule has 2 N–H and O–H groups in total. The zero-order valence-electron chi connectivity index (χ0n) is 10.3. The molecule has 3 heteroatoms. The Balaban J connectivity index is 2.11. The maximum atomic E-state index is 6.38. The Bertz CT molecular complexity index is 702. The zero-order chi connectivity index (χ0) is 13.2. The molecule has 0 aliphatic carbocycles. The van der Waals surface area contributed by atoms with Crippen LogP contribution in [0.4, 0.5) is 0 Å². The van der Waals surface area contributed by atoms with Gasteiger partial charge < -0.3 is 5.73 Å². The molecule has 0 saturated heterocycles. The van der Waals surface area contributed by atoms with Crippen molar-refractivity contribution >= 4 is 26.8 Å². The number of rotatable bonds is 2. The van der Waals surface area contributed by atoms with Gasteiger partial charge in [0.2, 0.25) is 0 Å². The van der Waals surface area contributed by atoms with E-state index >= 15 is 0 Å². The summed E-state index contributed by atoms with van der Waals surface area (Å²) in [6, 6.07) is 18.1. The van der Waals surface area contributed by atoms with Crippen LogP contribution in [-0.2, 0) is 0 Å². The molecule has 0 amide bonds. The second-order valence-corrected chi connectivity index (χ2v) is 5.37. The lowest BCUT2D eigenvalue weighted by atomic mass is 9.97. The van der Waals surface area contributed by atoms with E-state index in [0.717, 1.165) is 26.5 Å². The summed E-state index contributed by atoms with van der Waals surface area (Å²) >= 11 is 3.44. The van der Waals surface area contributed by atoms with Crippen molar-refractivity contribution in [1.82, 2.24) is 4.98 Å². The van der Waals surface area contributed by atoms with E-state index in [9.17, 15) is 0 Å². The molecular weight excluding hydrogens is 300 g/mol. The highest BCUT2D eigenvalue weighted by atomic mass is 79.9. The van der Waals surface area contributed by atoms with Crippen molar-refractivity contribution in [3.8, 4) is 0 Å². The number of para-hydroxylation sites is 1. The Hall–Kier alpha value is -1.71. The molecule has 3 aromatic rings. The molecule has 0 aliphatic rings. The van der Waals surface area contributed by atoms with Gasteiger partial charge in [-0.05, 0) is 29.3 Å². The fourth-order valence-corrected chi connectivity index (χ4v) is 2.49. The summed E-state index contributed by atoms with van der Waals surface area (Å²) in [5.74, 6) is 0. The summed E-state index contributed by atoms with van der Waals surface area (Å²) < 4.78 is 1.06. The topological polar surface area (TPSA) is 38.9 Å². The smallest absolute Gasteiger partial charge is 0.0753 e. The van der Waals surface area contributed by atoms with E-state index in [4.69, 9.17) is 5.73 Å². The number of aromatic nitrogens is 1. The average Bonchev–Trinajstić information content (AvgIpc) is 2.47. The molecular formula is C16H13BrN2. The molecule has 0 fully saturated rings. The minimum absolute atomic E-state index is 0.160. The van der Waals surface area contributed by atoms with Crippen molar-refractivity contribution in [3.63, 3.8) is 0 Å². The number of pyridine rings is 1. The number of hydrogen-bond donors (Lipinski definition) is 1. The summed E-state index contributed by atoms with van der Waals surface area (Å²) in [5.41, 5.74) is 9.49. The van der Waals surface area contributed by atoms with Crippen LogP contribution in [0.25, 0.3) is 10.9 Å². The SMILES string of the molecule is NC(c1ccc(Br)cc1)c1cccc2cccnc12. The van der Waals surface area contributed by atoms with E-state index in [1.165, 1.54) is 0 Å². The largest absolute Gasteiger partial charge is 0.320 e. The molecule has 0 radical (unpaired) electrons. The number of nitrogens with zero attached hydrogens (tertiary/aromatic N) is 1. The average molecular weight is 313 g/mol. The van der Waals surface area contributed by atoms with Gasteiger partial charge in [0.05, 0.1) is 11.6 Å². The van der Waals surface area contributed by atoms with Crippen LogP contribution in [0.2, 0.25) is 0 Å². The first-order valence-corrected chi connectivity index (χ1v) is 6.90. The Labute approximate surface area is 120 Å². The second-order valence-electron chi connectivity index (χ2n) is 4.45. The van der Waals surface area contributed by atoms with Crippen molar-refractivity contribution in [2.24, 2.45) is 5.73 Å². The summed E-state index contributed by atoms with van der Waals surface area (Å²) in [5, 5.41) is 1.12. The zero-order valence-corrected chi connectivity index (χ0v) is 11.8. The van der Waals surface area contributed by atoms with Gasteiger partial charge in [0, 0.05) is 16.1 Å². The Morgan fingerprint density at radius 2 is 1.68 bits per heavy atom. The lowest BCUT2D eigenvalue weighted by Crippen LogP contribution is -2.12. The maximum Gasteiger partial charge on any atom is 0.0753 e. The van der Waals surface area contributed by atoms with E-state index in [1.807, 2.05) is 42.5 Å². The van der Waals surface area contributed by atoms with Gasteiger partial charge in [-0.1, -0.05) is 52.3 Å². The van der Waals surface area contributed by atoms with Crippen LogP contribution < -0.4 is 5.73 Å².